The second-order valence-electron chi connectivity index (χ2n) is 6.97. The number of carbonyl (C=O) groups is 1. The third-order valence-corrected chi connectivity index (χ3v) is 3.90. The summed E-state index contributed by atoms with van der Waals surface area (Å²) in [4.78, 5) is 11.6. The SMILES string of the molecule is CC(C)OCCOCCOCCOCCOCCOCCNC(=O)OCc1ccccc1. The average molecular weight is 458 g/mol. The Balaban J connectivity index is 1.72. The van der Waals surface area contributed by atoms with Gasteiger partial charge in [0, 0.05) is 6.54 Å². The van der Waals surface area contributed by atoms with E-state index in [1.165, 1.54) is 0 Å². The first-order valence-electron chi connectivity index (χ1n) is 11.1. The number of nitrogens with one attached hydrogen (secondary N) is 1. The van der Waals surface area contributed by atoms with Crippen molar-refractivity contribution in [3.05, 3.63) is 35.9 Å². The lowest BCUT2D eigenvalue weighted by atomic mass is 10.2. The molecule has 0 radical (unpaired) electrons. The van der Waals surface area contributed by atoms with E-state index in [4.69, 9.17) is 33.2 Å². The molecule has 1 rings (SSSR count). The van der Waals surface area contributed by atoms with E-state index in [9.17, 15) is 4.79 Å². The Hall–Kier alpha value is -1.75. The molecule has 0 bridgehead atoms. The van der Waals surface area contributed by atoms with E-state index in [1.807, 2.05) is 44.2 Å². The third-order valence-electron chi connectivity index (χ3n) is 3.90. The van der Waals surface area contributed by atoms with Crippen molar-refractivity contribution in [3.8, 4) is 0 Å². The van der Waals surface area contributed by atoms with Crippen LogP contribution in [0.15, 0.2) is 30.3 Å². The van der Waals surface area contributed by atoms with Crippen molar-refractivity contribution in [3.63, 3.8) is 0 Å². The Bertz CT molecular complexity index is 544. The molecule has 0 unspecified atom stereocenters. The van der Waals surface area contributed by atoms with Gasteiger partial charge in [0.2, 0.25) is 0 Å². The molecular formula is C23H39NO8. The lowest BCUT2D eigenvalue weighted by Crippen LogP contribution is -2.28. The zero-order chi connectivity index (χ0) is 23.1. The highest BCUT2D eigenvalue weighted by atomic mass is 16.6. The highest BCUT2D eigenvalue weighted by Gasteiger charge is 2.01. The zero-order valence-corrected chi connectivity index (χ0v) is 19.4. The number of hydrogen-bond donors (Lipinski definition) is 1. The molecule has 1 aromatic carbocycles. The summed E-state index contributed by atoms with van der Waals surface area (Å²) >= 11 is 0. The van der Waals surface area contributed by atoms with E-state index in [1.54, 1.807) is 0 Å². The van der Waals surface area contributed by atoms with Gasteiger partial charge >= 0.3 is 6.09 Å². The maximum absolute atomic E-state index is 11.6. The van der Waals surface area contributed by atoms with Crippen LogP contribution >= 0.6 is 0 Å². The molecule has 1 N–H and O–H groups in total. The van der Waals surface area contributed by atoms with Gasteiger partial charge in [-0.2, -0.15) is 0 Å². The van der Waals surface area contributed by atoms with Crippen molar-refractivity contribution in [2.75, 3.05) is 79.2 Å². The summed E-state index contributed by atoms with van der Waals surface area (Å²) in [5.74, 6) is 0. The average Bonchev–Trinajstić information content (AvgIpc) is 2.79. The van der Waals surface area contributed by atoms with E-state index in [0.29, 0.717) is 79.2 Å². The Morgan fingerprint density at radius 3 is 1.69 bits per heavy atom. The molecule has 0 heterocycles. The van der Waals surface area contributed by atoms with Gasteiger partial charge in [0.1, 0.15) is 6.61 Å². The molecule has 0 saturated carbocycles. The normalized spacial score (nSPS) is 11.1. The summed E-state index contributed by atoms with van der Waals surface area (Å²) in [6.07, 6.45) is -0.229. The summed E-state index contributed by atoms with van der Waals surface area (Å²) < 4.78 is 37.5. The molecule has 32 heavy (non-hydrogen) atoms. The fraction of sp³-hybridized carbons (Fsp3) is 0.696. The van der Waals surface area contributed by atoms with Crippen LogP contribution in [0.5, 0.6) is 0 Å². The first kappa shape index (κ1) is 28.3. The van der Waals surface area contributed by atoms with E-state index in [0.717, 1.165) is 5.56 Å². The second kappa shape index (κ2) is 21.1. The minimum absolute atomic E-state index is 0.230. The highest BCUT2D eigenvalue weighted by molar-refractivity contribution is 5.67. The molecule has 0 aromatic heterocycles. The topological polar surface area (TPSA) is 93.7 Å². The van der Waals surface area contributed by atoms with Crippen LogP contribution in [0, 0.1) is 0 Å². The molecule has 184 valence electrons. The molecule has 0 fully saturated rings. The van der Waals surface area contributed by atoms with Crippen molar-refractivity contribution < 1.29 is 38.0 Å². The first-order chi connectivity index (χ1) is 15.7. The Labute approximate surface area is 191 Å². The zero-order valence-electron chi connectivity index (χ0n) is 19.4. The van der Waals surface area contributed by atoms with Crippen LogP contribution in [0.25, 0.3) is 0 Å². The van der Waals surface area contributed by atoms with Crippen molar-refractivity contribution >= 4 is 6.09 Å². The van der Waals surface area contributed by atoms with Crippen molar-refractivity contribution in [1.82, 2.24) is 5.32 Å². The Morgan fingerprint density at radius 1 is 0.719 bits per heavy atom. The van der Waals surface area contributed by atoms with Gasteiger partial charge in [-0.1, -0.05) is 30.3 Å². The molecule has 9 nitrogen and oxygen atoms in total. The van der Waals surface area contributed by atoms with Gasteiger partial charge in [-0.05, 0) is 19.4 Å². The number of hydrogen-bond acceptors (Lipinski definition) is 8. The van der Waals surface area contributed by atoms with Crippen LogP contribution in [-0.2, 0) is 39.8 Å². The summed E-state index contributed by atoms with van der Waals surface area (Å²) in [7, 11) is 0. The predicted molar refractivity (Wildman–Crippen MR) is 120 cm³/mol. The van der Waals surface area contributed by atoms with Gasteiger partial charge in [0.25, 0.3) is 0 Å². The largest absolute Gasteiger partial charge is 0.445 e. The number of ether oxygens (including phenoxy) is 7. The summed E-state index contributed by atoms with van der Waals surface area (Å²) in [5.41, 5.74) is 0.945. The maximum Gasteiger partial charge on any atom is 0.407 e. The lowest BCUT2D eigenvalue weighted by molar-refractivity contribution is -0.0211. The Kier molecular flexibility index (Phi) is 18.7. The van der Waals surface area contributed by atoms with E-state index >= 15 is 0 Å². The molecule has 0 spiro atoms. The van der Waals surface area contributed by atoms with Crippen molar-refractivity contribution in [2.24, 2.45) is 0 Å². The molecule has 1 aromatic rings. The van der Waals surface area contributed by atoms with E-state index in [2.05, 4.69) is 5.32 Å². The molecule has 0 atom stereocenters. The van der Waals surface area contributed by atoms with Crippen molar-refractivity contribution in [2.45, 2.75) is 26.6 Å². The number of alkyl carbamates (subject to hydrolysis) is 1. The monoisotopic (exact) mass is 457 g/mol. The van der Waals surface area contributed by atoms with Crippen LogP contribution in [0.1, 0.15) is 19.4 Å². The molecular weight excluding hydrogens is 418 g/mol. The highest BCUT2D eigenvalue weighted by Crippen LogP contribution is 2.00. The standard InChI is InChI=1S/C23H39NO8/c1-21(2)31-19-18-30-17-16-29-15-14-28-13-12-27-11-10-26-9-8-24-23(25)32-20-22-6-4-3-5-7-22/h3-7,21H,8-20H2,1-2H3,(H,24,25). The van der Waals surface area contributed by atoms with Gasteiger partial charge in [-0.25, -0.2) is 4.79 Å². The van der Waals surface area contributed by atoms with Gasteiger partial charge in [-0.3, -0.25) is 0 Å². The molecule has 0 saturated heterocycles. The van der Waals surface area contributed by atoms with Gasteiger partial charge in [0.15, 0.2) is 0 Å². The summed E-state index contributed by atoms with van der Waals surface area (Å²) in [6, 6.07) is 9.52. The van der Waals surface area contributed by atoms with Gasteiger partial charge < -0.3 is 38.5 Å². The minimum Gasteiger partial charge on any atom is -0.445 e. The summed E-state index contributed by atoms with van der Waals surface area (Å²) in [6.45, 7) is 10.2. The number of carbonyl (C=O) groups excluding carboxylic acids is 1. The third kappa shape index (κ3) is 19.0. The summed E-state index contributed by atoms with van der Waals surface area (Å²) in [5, 5.41) is 2.64. The number of rotatable bonds is 21. The predicted octanol–water partition coefficient (Wildman–Crippen LogP) is 2.42. The van der Waals surface area contributed by atoms with Crippen LogP contribution in [0.2, 0.25) is 0 Å². The van der Waals surface area contributed by atoms with Crippen LogP contribution < -0.4 is 5.32 Å². The quantitative estimate of drug-likeness (QED) is 0.281. The molecule has 1 amide bonds. The van der Waals surface area contributed by atoms with E-state index < -0.39 is 6.09 Å². The first-order valence-corrected chi connectivity index (χ1v) is 11.1. The molecule has 0 aliphatic heterocycles. The number of amides is 1. The molecule has 9 heteroatoms. The number of benzene rings is 1. The van der Waals surface area contributed by atoms with Gasteiger partial charge in [0.05, 0.1) is 78.8 Å². The van der Waals surface area contributed by atoms with Gasteiger partial charge in [-0.15, -0.1) is 0 Å². The fourth-order valence-electron chi connectivity index (χ4n) is 2.32. The molecule has 0 aliphatic rings. The van der Waals surface area contributed by atoms with Crippen LogP contribution in [0.4, 0.5) is 4.79 Å². The smallest absolute Gasteiger partial charge is 0.407 e. The minimum atomic E-state index is -0.460. The molecule has 0 aliphatic carbocycles. The maximum atomic E-state index is 11.6. The second-order valence-corrected chi connectivity index (χ2v) is 6.97. The lowest BCUT2D eigenvalue weighted by Gasteiger charge is -2.09. The van der Waals surface area contributed by atoms with Crippen LogP contribution in [0.3, 0.4) is 0 Å². The van der Waals surface area contributed by atoms with Crippen molar-refractivity contribution in [1.29, 1.82) is 0 Å². The van der Waals surface area contributed by atoms with E-state index in [-0.39, 0.29) is 12.7 Å². The van der Waals surface area contributed by atoms with Crippen LogP contribution in [-0.4, -0.2) is 91.4 Å². The fourth-order valence-corrected chi connectivity index (χ4v) is 2.32. The Morgan fingerprint density at radius 2 is 1.19 bits per heavy atom.